The first-order valence-corrected chi connectivity index (χ1v) is 8.06. The zero-order chi connectivity index (χ0) is 12.3. The summed E-state index contributed by atoms with van der Waals surface area (Å²) in [5.74, 6) is 0. The number of nitrogens with two attached hydrogens (primary N) is 1. The largest absolute Gasteiger partial charge is 0.329 e. The normalized spacial score (nSPS) is 28.6. The second-order valence-corrected chi connectivity index (χ2v) is 6.76. The van der Waals surface area contributed by atoms with Crippen LogP contribution in [-0.2, 0) is 10.2 Å². The van der Waals surface area contributed by atoms with Gasteiger partial charge >= 0.3 is 0 Å². The zero-order valence-electron chi connectivity index (χ0n) is 10.3. The maximum Gasteiger partial charge on any atom is 0.279 e. The lowest BCUT2D eigenvalue weighted by molar-refractivity contribution is 0.253. The summed E-state index contributed by atoms with van der Waals surface area (Å²) in [5.41, 5.74) is 5.66. The Bertz CT molecular complexity index is 339. The highest BCUT2D eigenvalue weighted by atomic mass is 32.2. The molecule has 0 aromatic rings. The van der Waals surface area contributed by atoms with Gasteiger partial charge in [-0.15, -0.1) is 0 Å². The van der Waals surface area contributed by atoms with Gasteiger partial charge in [0.1, 0.15) is 0 Å². The van der Waals surface area contributed by atoms with Gasteiger partial charge in [0.15, 0.2) is 0 Å². The molecule has 3 N–H and O–H groups in total. The van der Waals surface area contributed by atoms with Crippen molar-refractivity contribution in [3.05, 3.63) is 0 Å². The predicted octanol–water partition coefficient (Wildman–Crippen LogP) is 0.577. The van der Waals surface area contributed by atoms with Gasteiger partial charge < -0.3 is 5.73 Å². The maximum absolute atomic E-state index is 12.3. The third kappa shape index (κ3) is 3.19. The van der Waals surface area contributed by atoms with E-state index in [4.69, 9.17) is 5.73 Å². The van der Waals surface area contributed by atoms with Crippen molar-refractivity contribution in [3.8, 4) is 0 Å². The van der Waals surface area contributed by atoms with Crippen LogP contribution in [-0.4, -0.2) is 37.9 Å². The third-order valence-corrected chi connectivity index (χ3v) is 5.55. The van der Waals surface area contributed by atoms with E-state index in [9.17, 15) is 8.42 Å². The highest BCUT2D eigenvalue weighted by molar-refractivity contribution is 7.87. The highest BCUT2D eigenvalue weighted by Gasteiger charge is 2.33. The molecule has 5 nitrogen and oxygen atoms in total. The minimum Gasteiger partial charge on any atom is -0.329 e. The van der Waals surface area contributed by atoms with E-state index in [1.54, 1.807) is 4.31 Å². The lowest BCUT2D eigenvalue weighted by atomic mass is 10.1. The lowest BCUT2D eigenvalue weighted by Gasteiger charge is -2.34. The summed E-state index contributed by atoms with van der Waals surface area (Å²) in [4.78, 5) is 0. The van der Waals surface area contributed by atoms with Gasteiger partial charge in [-0.2, -0.15) is 17.4 Å². The van der Waals surface area contributed by atoms with Gasteiger partial charge in [-0.3, -0.25) is 0 Å². The molecule has 1 aliphatic carbocycles. The summed E-state index contributed by atoms with van der Waals surface area (Å²) in [7, 11) is -3.32. The minimum atomic E-state index is -3.32. The van der Waals surface area contributed by atoms with Crippen molar-refractivity contribution in [2.75, 3.05) is 13.1 Å². The summed E-state index contributed by atoms with van der Waals surface area (Å²) in [6.45, 7) is 1.04. The van der Waals surface area contributed by atoms with E-state index in [0.717, 1.165) is 44.9 Å². The van der Waals surface area contributed by atoms with E-state index in [1.165, 1.54) is 0 Å². The number of piperidine rings is 1. The fourth-order valence-corrected chi connectivity index (χ4v) is 4.59. The van der Waals surface area contributed by atoms with Crippen molar-refractivity contribution < 1.29 is 8.42 Å². The molecule has 2 aliphatic rings. The molecular weight excluding hydrogens is 238 g/mol. The molecule has 1 unspecified atom stereocenters. The maximum atomic E-state index is 12.3. The molecular formula is C11H23N3O2S. The lowest BCUT2D eigenvalue weighted by Crippen LogP contribution is -2.53. The number of rotatable bonds is 4. The van der Waals surface area contributed by atoms with Gasteiger partial charge in [0, 0.05) is 25.2 Å². The number of nitrogens with one attached hydrogen (secondary N) is 1. The van der Waals surface area contributed by atoms with Crippen LogP contribution in [0.2, 0.25) is 0 Å². The Kier molecular flexibility index (Phi) is 4.41. The SMILES string of the molecule is NCC1CCCCN1S(=O)(=O)NC1CCCC1. The fourth-order valence-electron chi connectivity index (χ4n) is 2.85. The Morgan fingerprint density at radius 2 is 1.76 bits per heavy atom. The topological polar surface area (TPSA) is 75.4 Å². The molecule has 17 heavy (non-hydrogen) atoms. The summed E-state index contributed by atoms with van der Waals surface area (Å²) in [5, 5.41) is 0. The molecule has 0 spiro atoms. The van der Waals surface area contributed by atoms with E-state index >= 15 is 0 Å². The van der Waals surface area contributed by atoms with Gasteiger partial charge in [-0.25, -0.2) is 0 Å². The summed E-state index contributed by atoms with van der Waals surface area (Å²) < 4.78 is 29.0. The average Bonchev–Trinajstić information content (AvgIpc) is 2.81. The summed E-state index contributed by atoms with van der Waals surface area (Å²) >= 11 is 0. The van der Waals surface area contributed by atoms with Crippen molar-refractivity contribution in [2.24, 2.45) is 5.73 Å². The van der Waals surface area contributed by atoms with E-state index in [2.05, 4.69) is 4.72 Å². The average molecular weight is 261 g/mol. The smallest absolute Gasteiger partial charge is 0.279 e. The standard InChI is InChI=1S/C11H23N3O2S/c12-9-11-7-3-4-8-14(11)17(15,16)13-10-5-1-2-6-10/h10-11,13H,1-9,12H2. The molecule has 1 saturated heterocycles. The molecule has 2 fully saturated rings. The number of hydrogen-bond donors (Lipinski definition) is 2. The first kappa shape index (κ1) is 13.3. The molecule has 0 aromatic carbocycles. The summed E-state index contributed by atoms with van der Waals surface area (Å²) in [6.07, 6.45) is 7.13. The highest BCUT2D eigenvalue weighted by Crippen LogP contribution is 2.22. The number of nitrogens with zero attached hydrogens (tertiary/aromatic N) is 1. The Balaban J connectivity index is 2.01. The Morgan fingerprint density at radius 1 is 1.12 bits per heavy atom. The van der Waals surface area contributed by atoms with Gasteiger partial charge in [-0.1, -0.05) is 19.3 Å². The van der Waals surface area contributed by atoms with E-state index < -0.39 is 10.2 Å². The first-order chi connectivity index (χ1) is 8.13. The monoisotopic (exact) mass is 261 g/mol. The van der Waals surface area contributed by atoms with Crippen molar-refractivity contribution in [2.45, 2.75) is 57.0 Å². The molecule has 100 valence electrons. The predicted molar refractivity (Wildman–Crippen MR) is 67.7 cm³/mol. The fraction of sp³-hybridized carbons (Fsp3) is 1.00. The summed E-state index contributed by atoms with van der Waals surface area (Å²) in [6, 6.07) is 0.128. The van der Waals surface area contributed by atoms with Crippen LogP contribution in [0.4, 0.5) is 0 Å². The van der Waals surface area contributed by atoms with Gasteiger partial charge in [-0.05, 0) is 25.7 Å². The molecule has 6 heteroatoms. The quantitative estimate of drug-likeness (QED) is 0.777. The Hall–Kier alpha value is -0.170. The second-order valence-electron chi connectivity index (χ2n) is 5.10. The Morgan fingerprint density at radius 3 is 2.41 bits per heavy atom. The minimum absolute atomic E-state index is 0.0114. The van der Waals surface area contributed by atoms with Crippen molar-refractivity contribution in [1.29, 1.82) is 0 Å². The van der Waals surface area contributed by atoms with Crippen LogP contribution in [0.5, 0.6) is 0 Å². The van der Waals surface area contributed by atoms with Crippen molar-refractivity contribution >= 4 is 10.2 Å². The van der Waals surface area contributed by atoms with E-state index in [1.807, 2.05) is 0 Å². The van der Waals surface area contributed by atoms with Crippen LogP contribution >= 0.6 is 0 Å². The Labute approximate surface area is 104 Å². The van der Waals surface area contributed by atoms with E-state index in [0.29, 0.717) is 13.1 Å². The molecule has 0 bridgehead atoms. The first-order valence-electron chi connectivity index (χ1n) is 6.62. The van der Waals surface area contributed by atoms with Crippen molar-refractivity contribution in [1.82, 2.24) is 9.03 Å². The third-order valence-electron chi connectivity index (χ3n) is 3.82. The van der Waals surface area contributed by atoms with Crippen LogP contribution in [0.3, 0.4) is 0 Å². The molecule has 1 atom stereocenters. The van der Waals surface area contributed by atoms with Crippen LogP contribution in [0, 0.1) is 0 Å². The van der Waals surface area contributed by atoms with Gasteiger partial charge in [0.05, 0.1) is 0 Å². The molecule has 2 rings (SSSR count). The van der Waals surface area contributed by atoms with Crippen LogP contribution in [0.25, 0.3) is 0 Å². The van der Waals surface area contributed by atoms with Crippen LogP contribution < -0.4 is 10.5 Å². The van der Waals surface area contributed by atoms with Crippen LogP contribution in [0.1, 0.15) is 44.9 Å². The molecule has 1 heterocycles. The van der Waals surface area contributed by atoms with Gasteiger partial charge in [0.2, 0.25) is 0 Å². The molecule has 1 saturated carbocycles. The van der Waals surface area contributed by atoms with E-state index in [-0.39, 0.29) is 12.1 Å². The van der Waals surface area contributed by atoms with Crippen LogP contribution in [0.15, 0.2) is 0 Å². The molecule has 0 aromatic heterocycles. The second kappa shape index (κ2) is 5.65. The molecule has 0 radical (unpaired) electrons. The van der Waals surface area contributed by atoms with Crippen molar-refractivity contribution in [3.63, 3.8) is 0 Å². The van der Waals surface area contributed by atoms with Gasteiger partial charge in [0.25, 0.3) is 10.2 Å². The number of hydrogen-bond acceptors (Lipinski definition) is 3. The molecule has 1 aliphatic heterocycles. The molecule has 0 amide bonds. The zero-order valence-corrected chi connectivity index (χ0v) is 11.1.